The van der Waals surface area contributed by atoms with Crippen molar-refractivity contribution in [3.05, 3.63) is 81.3 Å². The van der Waals surface area contributed by atoms with Crippen LogP contribution < -0.4 is 14.4 Å². The van der Waals surface area contributed by atoms with Crippen molar-refractivity contribution in [2.45, 2.75) is 25.7 Å². The van der Waals surface area contributed by atoms with Gasteiger partial charge in [0.1, 0.15) is 17.2 Å². The monoisotopic (exact) mass is 506 g/mol. The maximum absolute atomic E-state index is 13.8. The third kappa shape index (κ3) is 5.99. The summed E-state index contributed by atoms with van der Waals surface area (Å²) >= 11 is 12.0. The number of halogens is 2. The van der Waals surface area contributed by atoms with E-state index in [0.29, 0.717) is 21.4 Å². The van der Waals surface area contributed by atoms with Gasteiger partial charge in [-0.2, -0.15) is 0 Å². The number of carbonyl (C=O) groups excluding carboxylic acids is 1. The first-order valence-corrected chi connectivity index (χ1v) is 12.2. The molecule has 0 radical (unpaired) electrons. The Balaban J connectivity index is 2.06. The summed E-state index contributed by atoms with van der Waals surface area (Å²) in [6.45, 7) is 5.05. The van der Waals surface area contributed by atoms with E-state index in [9.17, 15) is 13.2 Å². The molecule has 0 aliphatic carbocycles. The molecule has 3 rings (SSSR count). The van der Waals surface area contributed by atoms with Gasteiger partial charge in [0, 0.05) is 15.7 Å². The summed E-state index contributed by atoms with van der Waals surface area (Å²) in [5, 5.41) is 3.37. The van der Waals surface area contributed by atoms with Crippen LogP contribution in [0, 0.1) is 20.8 Å². The summed E-state index contributed by atoms with van der Waals surface area (Å²) in [5.74, 6) is -0.361. The smallest absolute Gasteiger partial charge is 0.268 e. The van der Waals surface area contributed by atoms with Gasteiger partial charge in [-0.3, -0.25) is 9.10 Å². The van der Waals surface area contributed by atoms with Crippen LogP contribution in [0.3, 0.4) is 0 Å². The van der Waals surface area contributed by atoms with Gasteiger partial charge in [-0.25, -0.2) is 8.42 Å². The summed E-state index contributed by atoms with van der Waals surface area (Å²) in [6.07, 6.45) is 0. The number of methoxy groups -OCH3 is 1. The molecule has 3 aromatic carbocycles. The molecule has 0 unspecified atom stereocenters. The molecule has 174 valence electrons. The summed E-state index contributed by atoms with van der Waals surface area (Å²) in [4.78, 5) is 12.9. The van der Waals surface area contributed by atoms with Gasteiger partial charge in [0.15, 0.2) is 0 Å². The van der Waals surface area contributed by atoms with Gasteiger partial charge in [0.2, 0.25) is 5.91 Å². The molecule has 0 aliphatic rings. The number of carbonyl (C=O) groups is 1. The fraction of sp³-hybridized carbons (Fsp3) is 0.208. The van der Waals surface area contributed by atoms with Gasteiger partial charge in [-0.15, -0.1) is 0 Å². The topological polar surface area (TPSA) is 75.7 Å². The summed E-state index contributed by atoms with van der Waals surface area (Å²) in [7, 11) is -2.76. The normalized spacial score (nSPS) is 11.2. The van der Waals surface area contributed by atoms with Crippen molar-refractivity contribution in [3.63, 3.8) is 0 Å². The van der Waals surface area contributed by atoms with E-state index in [1.54, 1.807) is 31.2 Å². The van der Waals surface area contributed by atoms with Crippen molar-refractivity contribution in [1.29, 1.82) is 0 Å². The van der Waals surface area contributed by atoms with Crippen LogP contribution >= 0.6 is 23.2 Å². The maximum Gasteiger partial charge on any atom is 0.268 e. The SMILES string of the molecule is COc1ccc(C)cc1S(=O)(=O)N(CC(=O)Nc1cc(Cl)cc(Cl)c1)c1cc(C)cc(C)c1. The van der Waals surface area contributed by atoms with Gasteiger partial charge < -0.3 is 10.1 Å². The zero-order valence-electron chi connectivity index (χ0n) is 18.6. The van der Waals surface area contributed by atoms with Crippen molar-refractivity contribution < 1.29 is 17.9 Å². The van der Waals surface area contributed by atoms with Crippen LogP contribution in [0.5, 0.6) is 5.75 Å². The molecular weight excluding hydrogens is 483 g/mol. The van der Waals surface area contributed by atoms with Crippen LogP contribution in [0.25, 0.3) is 0 Å². The summed E-state index contributed by atoms with van der Waals surface area (Å²) < 4.78 is 34.0. The number of anilines is 2. The number of benzene rings is 3. The molecule has 0 heterocycles. The number of rotatable bonds is 7. The number of hydrogen-bond acceptors (Lipinski definition) is 4. The lowest BCUT2D eigenvalue weighted by atomic mass is 10.1. The van der Waals surface area contributed by atoms with Crippen molar-refractivity contribution in [1.82, 2.24) is 0 Å². The maximum atomic E-state index is 13.8. The number of ether oxygens (including phenoxy) is 1. The van der Waals surface area contributed by atoms with E-state index in [1.807, 2.05) is 19.9 Å². The molecule has 0 aromatic heterocycles. The van der Waals surface area contributed by atoms with Gasteiger partial charge in [-0.1, -0.05) is 35.3 Å². The Bertz CT molecular complexity index is 1270. The van der Waals surface area contributed by atoms with Crippen LogP contribution in [0.15, 0.2) is 59.5 Å². The lowest BCUT2D eigenvalue weighted by molar-refractivity contribution is -0.114. The molecule has 1 N–H and O–H groups in total. The molecule has 6 nitrogen and oxygen atoms in total. The predicted molar refractivity (Wildman–Crippen MR) is 133 cm³/mol. The van der Waals surface area contributed by atoms with E-state index in [0.717, 1.165) is 21.0 Å². The molecule has 1 amide bonds. The standard InChI is InChI=1S/C24H24Cl2N2O4S/c1-15-5-6-22(32-4)23(10-15)33(30,31)28(21-8-16(2)7-17(3)9-21)14-24(29)27-20-12-18(25)11-19(26)13-20/h5-13H,14H2,1-4H3,(H,27,29). The number of hydrogen-bond donors (Lipinski definition) is 1. The average Bonchev–Trinajstić information content (AvgIpc) is 2.70. The van der Waals surface area contributed by atoms with Crippen LogP contribution in [-0.4, -0.2) is 28.0 Å². The lowest BCUT2D eigenvalue weighted by Gasteiger charge is -2.26. The fourth-order valence-corrected chi connectivity index (χ4v) is 5.64. The highest BCUT2D eigenvalue weighted by Gasteiger charge is 2.30. The molecule has 0 spiro atoms. The Morgan fingerprint density at radius 1 is 0.909 bits per heavy atom. The molecule has 33 heavy (non-hydrogen) atoms. The Labute approximate surface area is 204 Å². The molecule has 0 aliphatic heterocycles. The quantitative estimate of drug-likeness (QED) is 0.441. The predicted octanol–water partition coefficient (Wildman–Crippen LogP) is 5.76. The minimum atomic E-state index is -4.16. The van der Waals surface area contributed by atoms with Crippen LogP contribution in [0.4, 0.5) is 11.4 Å². The van der Waals surface area contributed by atoms with Crippen molar-refractivity contribution in [3.8, 4) is 5.75 Å². The van der Waals surface area contributed by atoms with Crippen LogP contribution in [-0.2, 0) is 14.8 Å². The van der Waals surface area contributed by atoms with E-state index in [2.05, 4.69) is 5.32 Å². The minimum absolute atomic E-state index is 0.0252. The molecule has 0 saturated heterocycles. The second-order valence-corrected chi connectivity index (χ2v) is 10.4. The second-order valence-electron chi connectivity index (χ2n) is 7.72. The van der Waals surface area contributed by atoms with E-state index < -0.39 is 22.5 Å². The Kier molecular flexibility index (Phi) is 7.57. The number of amides is 1. The van der Waals surface area contributed by atoms with E-state index in [4.69, 9.17) is 27.9 Å². The molecule has 0 atom stereocenters. The van der Waals surface area contributed by atoms with Crippen LogP contribution in [0.1, 0.15) is 16.7 Å². The zero-order chi connectivity index (χ0) is 24.3. The number of nitrogens with zero attached hydrogens (tertiary/aromatic N) is 1. The highest BCUT2D eigenvalue weighted by molar-refractivity contribution is 7.93. The van der Waals surface area contributed by atoms with Crippen molar-refractivity contribution >= 4 is 50.5 Å². The van der Waals surface area contributed by atoms with Crippen molar-refractivity contribution in [2.75, 3.05) is 23.3 Å². The van der Waals surface area contributed by atoms with Crippen LogP contribution in [0.2, 0.25) is 10.0 Å². The molecule has 0 bridgehead atoms. The average molecular weight is 507 g/mol. The second kappa shape index (κ2) is 10.0. The fourth-order valence-electron chi connectivity index (χ4n) is 3.47. The third-order valence-electron chi connectivity index (χ3n) is 4.82. The number of nitrogens with one attached hydrogen (secondary N) is 1. The molecule has 9 heteroatoms. The first-order valence-electron chi connectivity index (χ1n) is 10.0. The van der Waals surface area contributed by atoms with Gasteiger partial charge in [0.05, 0.1) is 12.8 Å². The largest absolute Gasteiger partial charge is 0.495 e. The molecule has 0 saturated carbocycles. The number of aryl methyl sites for hydroxylation is 3. The summed E-state index contributed by atoms with van der Waals surface area (Å²) in [6, 6.07) is 14.8. The van der Waals surface area contributed by atoms with Gasteiger partial charge in [0.25, 0.3) is 10.0 Å². The van der Waals surface area contributed by atoms with Crippen molar-refractivity contribution in [2.24, 2.45) is 0 Å². The highest BCUT2D eigenvalue weighted by Crippen LogP contribution is 2.32. The summed E-state index contributed by atoms with van der Waals surface area (Å²) in [5.41, 5.74) is 3.21. The first kappa shape index (κ1) is 24.9. The Morgan fingerprint density at radius 2 is 1.52 bits per heavy atom. The zero-order valence-corrected chi connectivity index (χ0v) is 21.0. The molecular formula is C24H24Cl2N2O4S. The first-order chi connectivity index (χ1) is 15.5. The third-order valence-corrected chi connectivity index (χ3v) is 7.05. The highest BCUT2D eigenvalue weighted by atomic mass is 35.5. The Morgan fingerprint density at radius 3 is 2.09 bits per heavy atom. The lowest BCUT2D eigenvalue weighted by Crippen LogP contribution is -2.38. The minimum Gasteiger partial charge on any atom is -0.495 e. The Hall–Kier alpha value is -2.74. The van der Waals surface area contributed by atoms with Gasteiger partial charge in [-0.05, 0) is 79.9 Å². The molecule has 3 aromatic rings. The van der Waals surface area contributed by atoms with E-state index >= 15 is 0 Å². The van der Waals surface area contributed by atoms with E-state index in [1.165, 1.54) is 31.4 Å². The molecule has 0 fully saturated rings. The van der Waals surface area contributed by atoms with Gasteiger partial charge >= 0.3 is 0 Å². The van der Waals surface area contributed by atoms with E-state index in [-0.39, 0.29) is 10.6 Å². The number of sulfonamides is 1.